The number of carbonyl (C=O) groups is 1. The predicted molar refractivity (Wildman–Crippen MR) is 101 cm³/mol. The van der Waals surface area contributed by atoms with Crippen molar-refractivity contribution in [3.8, 4) is 0 Å². The minimum atomic E-state index is 0.00914. The lowest BCUT2D eigenvalue weighted by Crippen LogP contribution is -2.37. The predicted octanol–water partition coefficient (Wildman–Crippen LogP) is 4.60. The molecule has 0 saturated heterocycles. The van der Waals surface area contributed by atoms with Crippen molar-refractivity contribution in [2.24, 2.45) is 11.3 Å². The zero-order valence-corrected chi connectivity index (χ0v) is 15.1. The van der Waals surface area contributed by atoms with E-state index in [1.807, 2.05) is 12.8 Å². The number of carbonyl (C=O) groups excluding carboxylic acids is 1. The van der Waals surface area contributed by atoms with Crippen LogP contribution in [0.25, 0.3) is 5.70 Å². The van der Waals surface area contributed by atoms with Crippen LogP contribution in [0.1, 0.15) is 37.8 Å². The van der Waals surface area contributed by atoms with Gasteiger partial charge >= 0.3 is 0 Å². The fourth-order valence-corrected chi connectivity index (χ4v) is 4.02. The van der Waals surface area contributed by atoms with Crippen molar-refractivity contribution in [2.45, 2.75) is 33.6 Å². The standard InChI is InChI=1S/C23H24NO/c1-15-8-10-17(11-9-15)19-12-18(16-6-4-5-7-16)22-20(24-19)13-23(2,3)14-21(22)25/h4-12,18,24H,13-14H2,1-3H3. The minimum Gasteiger partial charge on any atom is -0.358 e. The molecule has 1 aromatic rings. The number of aryl methyl sites for hydroxylation is 1. The van der Waals surface area contributed by atoms with Crippen LogP contribution in [0.15, 0.2) is 41.6 Å². The van der Waals surface area contributed by atoms with Crippen LogP contribution in [0.5, 0.6) is 0 Å². The van der Waals surface area contributed by atoms with Gasteiger partial charge in [-0.3, -0.25) is 4.79 Å². The van der Waals surface area contributed by atoms with E-state index in [0.29, 0.717) is 6.42 Å². The summed E-state index contributed by atoms with van der Waals surface area (Å²) in [6.07, 6.45) is 12.1. The van der Waals surface area contributed by atoms with Gasteiger partial charge in [0, 0.05) is 29.3 Å². The van der Waals surface area contributed by atoms with Gasteiger partial charge in [0.25, 0.3) is 0 Å². The van der Waals surface area contributed by atoms with Crippen LogP contribution in [0.4, 0.5) is 0 Å². The molecule has 1 N–H and O–H groups in total. The lowest BCUT2D eigenvalue weighted by atomic mass is 9.69. The van der Waals surface area contributed by atoms with Gasteiger partial charge in [-0.1, -0.05) is 49.8 Å². The molecule has 0 aromatic heterocycles. The summed E-state index contributed by atoms with van der Waals surface area (Å²) in [5.74, 6) is 1.53. The number of rotatable bonds is 2. The Morgan fingerprint density at radius 2 is 1.72 bits per heavy atom. The molecule has 3 aliphatic rings. The minimum absolute atomic E-state index is 0.00914. The topological polar surface area (TPSA) is 29.1 Å². The maximum atomic E-state index is 12.9. The van der Waals surface area contributed by atoms with E-state index in [2.05, 4.69) is 69.3 Å². The first kappa shape index (κ1) is 16.6. The molecular formula is C23H24NO. The fourth-order valence-electron chi connectivity index (χ4n) is 4.02. The maximum Gasteiger partial charge on any atom is 0.161 e. The average molecular weight is 330 g/mol. The summed E-state index contributed by atoms with van der Waals surface area (Å²) in [6, 6.07) is 8.57. The van der Waals surface area contributed by atoms with Gasteiger partial charge in [0.15, 0.2) is 5.78 Å². The number of Topliss-reactive ketones (excluding diaryl/α,β-unsaturated/α-hetero) is 1. The number of hydrogen-bond acceptors (Lipinski definition) is 2. The second-order valence-electron chi connectivity index (χ2n) is 8.10. The summed E-state index contributed by atoms with van der Waals surface area (Å²) in [6.45, 7) is 6.46. The van der Waals surface area contributed by atoms with Gasteiger partial charge < -0.3 is 5.32 Å². The first-order chi connectivity index (χ1) is 11.9. The molecule has 2 heteroatoms. The Labute approximate surface area is 151 Å². The lowest BCUT2D eigenvalue weighted by Gasteiger charge is -2.39. The van der Waals surface area contributed by atoms with Crippen LogP contribution >= 0.6 is 0 Å². The van der Waals surface area contributed by atoms with Gasteiger partial charge in [-0.25, -0.2) is 0 Å². The zero-order valence-electron chi connectivity index (χ0n) is 15.1. The van der Waals surface area contributed by atoms with Gasteiger partial charge in [-0.2, -0.15) is 0 Å². The van der Waals surface area contributed by atoms with Gasteiger partial charge in [-0.15, -0.1) is 0 Å². The van der Waals surface area contributed by atoms with Gasteiger partial charge in [0.1, 0.15) is 0 Å². The van der Waals surface area contributed by atoms with E-state index in [0.717, 1.165) is 23.4 Å². The molecule has 2 aliphatic carbocycles. The summed E-state index contributed by atoms with van der Waals surface area (Å²) >= 11 is 0. The van der Waals surface area contributed by atoms with E-state index < -0.39 is 0 Å². The average Bonchev–Trinajstić information content (AvgIpc) is 3.07. The summed E-state index contributed by atoms with van der Waals surface area (Å²) in [5, 5.41) is 3.59. The molecule has 1 atom stereocenters. The summed E-state index contributed by atoms with van der Waals surface area (Å²) in [4.78, 5) is 12.9. The molecule has 1 fully saturated rings. The van der Waals surface area contributed by atoms with Gasteiger partial charge in [-0.05, 0) is 55.9 Å². The molecule has 25 heavy (non-hydrogen) atoms. The Hall–Kier alpha value is -1.83. The summed E-state index contributed by atoms with van der Waals surface area (Å²) in [5.41, 5.74) is 5.60. The molecule has 1 saturated carbocycles. The molecule has 1 unspecified atom stereocenters. The smallest absolute Gasteiger partial charge is 0.161 e. The largest absolute Gasteiger partial charge is 0.358 e. The quantitative estimate of drug-likeness (QED) is 0.858. The van der Waals surface area contributed by atoms with Gasteiger partial charge in [0.2, 0.25) is 0 Å². The van der Waals surface area contributed by atoms with E-state index in [1.165, 1.54) is 17.0 Å². The molecule has 1 aliphatic heterocycles. The Morgan fingerprint density at radius 1 is 1.04 bits per heavy atom. The van der Waals surface area contributed by atoms with E-state index in [4.69, 9.17) is 0 Å². The number of ketones is 1. The molecule has 5 radical (unpaired) electrons. The third-order valence-corrected chi connectivity index (χ3v) is 5.26. The third kappa shape index (κ3) is 3.19. The van der Waals surface area contributed by atoms with Crippen LogP contribution in [0.2, 0.25) is 0 Å². The number of benzene rings is 1. The van der Waals surface area contributed by atoms with E-state index in [1.54, 1.807) is 0 Å². The van der Waals surface area contributed by atoms with Crippen LogP contribution in [-0.2, 0) is 4.79 Å². The normalized spacial score (nSPS) is 26.3. The first-order valence-corrected chi connectivity index (χ1v) is 8.97. The fraction of sp³-hybridized carbons (Fsp3) is 0.304. The highest BCUT2D eigenvalue weighted by atomic mass is 16.1. The highest BCUT2D eigenvalue weighted by Gasteiger charge is 2.41. The second kappa shape index (κ2) is 6.16. The highest BCUT2D eigenvalue weighted by molar-refractivity contribution is 6.00. The second-order valence-corrected chi connectivity index (χ2v) is 8.10. The van der Waals surface area contributed by atoms with Crippen LogP contribution in [0.3, 0.4) is 0 Å². The highest BCUT2D eigenvalue weighted by Crippen LogP contribution is 2.46. The third-order valence-electron chi connectivity index (χ3n) is 5.26. The zero-order chi connectivity index (χ0) is 17.6. The van der Waals surface area contributed by atoms with Crippen LogP contribution in [0, 0.1) is 49.9 Å². The van der Waals surface area contributed by atoms with Crippen molar-refractivity contribution in [1.29, 1.82) is 0 Å². The Morgan fingerprint density at radius 3 is 2.40 bits per heavy atom. The lowest BCUT2D eigenvalue weighted by molar-refractivity contribution is -0.118. The molecule has 0 spiro atoms. The molecule has 1 aromatic carbocycles. The first-order valence-electron chi connectivity index (χ1n) is 8.97. The van der Waals surface area contributed by atoms with Crippen LogP contribution in [-0.4, -0.2) is 5.78 Å². The summed E-state index contributed by atoms with van der Waals surface area (Å²) in [7, 11) is 0. The van der Waals surface area contributed by atoms with E-state index in [9.17, 15) is 4.79 Å². The molecular weight excluding hydrogens is 306 g/mol. The van der Waals surface area contributed by atoms with Crippen LogP contribution < -0.4 is 5.32 Å². The molecule has 0 amide bonds. The van der Waals surface area contributed by atoms with Crippen molar-refractivity contribution >= 4 is 11.5 Å². The Kier molecular flexibility index (Phi) is 4.10. The van der Waals surface area contributed by atoms with Gasteiger partial charge in [0.05, 0.1) is 0 Å². The van der Waals surface area contributed by atoms with Crippen molar-refractivity contribution in [1.82, 2.24) is 5.32 Å². The molecule has 127 valence electrons. The Balaban J connectivity index is 1.75. The van der Waals surface area contributed by atoms with E-state index >= 15 is 0 Å². The van der Waals surface area contributed by atoms with Crippen molar-refractivity contribution in [3.05, 3.63) is 84.3 Å². The number of nitrogens with one attached hydrogen (secondary N) is 1. The molecule has 0 bridgehead atoms. The monoisotopic (exact) mass is 330 g/mol. The molecule has 2 nitrogen and oxygen atoms in total. The van der Waals surface area contributed by atoms with Crippen molar-refractivity contribution < 1.29 is 4.79 Å². The van der Waals surface area contributed by atoms with Crippen molar-refractivity contribution in [3.63, 3.8) is 0 Å². The SMILES string of the molecule is Cc1ccc(C2=CC([C]3[CH][CH][CH][CH]3)C3=C(CC(C)(C)CC3=O)N2)cc1. The Bertz CT molecular complexity index is 745. The molecule has 4 rings (SSSR count). The summed E-state index contributed by atoms with van der Waals surface area (Å²) < 4.78 is 0. The maximum absolute atomic E-state index is 12.9. The number of allylic oxidation sites excluding steroid dienone is 3. The number of hydrogen-bond donors (Lipinski definition) is 1. The van der Waals surface area contributed by atoms with E-state index in [-0.39, 0.29) is 17.1 Å². The number of dihydropyridines is 1. The van der Waals surface area contributed by atoms with Crippen molar-refractivity contribution in [2.75, 3.05) is 0 Å². The molecule has 1 heterocycles.